The molecule has 114 valence electrons. The van der Waals surface area contributed by atoms with E-state index in [9.17, 15) is 8.42 Å². The standard InChI is InChI=1S/C15H18O5S/c16-21(17,18)11-3-8-19-9-10-20-15-7-6-13-4-1-2-5-14(13)12-15/h1-2,4-7,12H,3,8-11H2,(H,16,17,18). The fraction of sp³-hybridized carbons (Fsp3) is 0.333. The van der Waals surface area contributed by atoms with E-state index in [0.717, 1.165) is 16.5 Å². The summed E-state index contributed by atoms with van der Waals surface area (Å²) in [6.07, 6.45) is 0.273. The van der Waals surface area contributed by atoms with Crippen molar-refractivity contribution in [1.82, 2.24) is 0 Å². The van der Waals surface area contributed by atoms with Gasteiger partial charge in [0.15, 0.2) is 0 Å². The van der Waals surface area contributed by atoms with Crippen LogP contribution in [0.1, 0.15) is 6.42 Å². The van der Waals surface area contributed by atoms with Gasteiger partial charge in [-0.1, -0.05) is 30.3 Å². The molecule has 2 aromatic rings. The van der Waals surface area contributed by atoms with E-state index in [0.29, 0.717) is 13.2 Å². The Kier molecular flexibility index (Phi) is 5.55. The van der Waals surface area contributed by atoms with Crippen LogP contribution in [0.2, 0.25) is 0 Å². The summed E-state index contributed by atoms with van der Waals surface area (Å²) in [6, 6.07) is 13.9. The zero-order chi connectivity index (χ0) is 15.1. The molecule has 0 aromatic heterocycles. The van der Waals surface area contributed by atoms with Crippen LogP contribution >= 0.6 is 0 Å². The molecule has 0 atom stereocenters. The summed E-state index contributed by atoms with van der Waals surface area (Å²) in [4.78, 5) is 0. The molecular weight excluding hydrogens is 292 g/mol. The maximum atomic E-state index is 10.5. The van der Waals surface area contributed by atoms with Gasteiger partial charge in [-0.15, -0.1) is 0 Å². The van der Waals surface area contributed by atoms with E-state index in [1.54, 1.807) is 0 Å². The summed E-state index contributed by atoms with van der Waals surface area (Å²) in [5.74, 6) is 0.494. The molecule has 6 heteroatoms. The first kappa shape index (κ1) is 15.8. The second-order valence-electron chi connectivity index (χ2n) is 4.61. The SMILES string of the molecule is O=S(=O)(O)CCCOCCOc1ccc2ccccc2c1. The Labute approximate surface area is 124 Å². The van der Waals surface area contributed by atoms with Crippen molar-refractivity contribution in [2.75, 3.05) is 25.6 Å². The van der Waals surface area contributed by atoms with Crippen molar-refractivity contribution in [1.29, 1.82) is 0 Å². The highest BCUT2D eigenvalue weighted by atomic mass is 32.2. The zero-order valence-corrected chi connectivity index (χ0v) is 12.4. The Balaban J connectivity index is 1.68. The lowest BCUT2D eigenvalue weighted by atomic mass is 10.1. The third-order valence-corrected chi connectivity index (χ3v) is 3.71. The molecule has 0 aliphatic rings. The number of rotatable bonds is 8. The summed E-state index contributed by atoms with van der Waals surface area (Å²) in [5.41, 5.74) is 0. The van der Waals surface area contributed by atoms with Crippen LogP contribution in [0.3, 0.4) is 0 Å². The molecule has 5 nitrogen and oxygen atoms in total. The number of benzene rings is 2. The Hall–Kier alpha value is -1.63. The number of hydrogen-bond acceptors (Lipinski definition) is 4. The first-order valence-electron chi connectivity index (χ1n) is 6.69. The van der Waals surface area contributed by atoms with Crippen molar-refractivity contribution < 1.29 is 22.4 Å². The van der Waals surface area contributed by atoms with Crippen LogP contribution in [0.5, 0.6) is 5.75 Å². The lowest BCUT2D eigenvalue weighted by Crippen LogP contribution is -2.11. The van der Waals surface area contributed by atoms with Gasteiger partial charge in [0.2, 0.25) is 0 Å². The molecule has 0 aliphatic heterocycles. The summed E-state index contributed by atoms with van der Waals surface area (Å²) in [5, 5.41) is 2.27. The second kappa shape index (κ2) is 7.40. The van der Waals surface area contributed by atoms with E-state index in [1.807, 2.05) is 42.5 Å². The van der Waals surface area contributed by atoms with Crippen LogP contribution in [0, 0.1) is 0 Å². The lowest BCUT2D eigenvalue weighted by molar-refractivity contribution is 0.101. The molecule has 0 spiro atoms. The Morgan fingerprint density at radius 1 is 0.952 bits per heavy atom. The Morgan fingerprint density at radius 3 is 2.48 bits per heavy atom. The quantitative estimate of drug-likeness (QED) is 0.599. The van der Waals surface area contributed by atoms with Crippen LogP contribution in [0.15, 0.2) is 42.5 Å². The molecule has 0 aliphatic carbocycles. The van der Waals surface area contributed by atoms with E-state index in [2.05, 4.69) is 0 Å². The average Bonchev–Trinajstić information content (AvgIpc) is 2.45. The van der Waals surface area contributed by atoms with Gasteiger partial charge in [-0.05, 0) is 29.3 Å². The molecule has 0 heterocycles. The van der Waals surface area contributed by atoms with Gasteiger partial charge in [-0.25, -0.2) is 0 Å². The van der Waals surface area contributed by atoms with Crippen LogP contribution in [-0.2, 0) is 14.9 Å². The smallest absolute Gasteiger partial charge is 0.264 e. The maximum absolute atomic E-state index is 10.5. The van der Waals surface area contributed by atoms with E-state index in [-0.39, 0.29) is 18.8 Å². The minimum absolute atomic E-state index is 0.273. The summed E-state index contributed by atoms with van der Waals surface area (Å²) in [7, 11) is -3.89. The highest BCUT2D eigenvalue weighted by Gasteiger charge is 2.03. The molecule has 1 N–H and O–H groups in total. The van der Waals surface area contributed by atoms with E-state index in [4.69, 9.17) is 14.0 Å². The number of ether oxygens (including phenoxy) is 2. The fourth-order valence-electron chi connectivity index (χ4n) is 1.92. The largest absolute Gasteiger partial charge is 0.491 e. The van der Waals surface area contributed by atoms with Gasteiger partial charge in [-0.2, -0.15) is 8.42 Å². The fourth-order valence-corrected chi connectivity index (χ4v) is 2.40. The van der Waals surface area contributed by atoms with Gasteiger partial charge >= 0.3 is 0 Å². The molecule has 0 unspecified atom stereocenters. The molecular formula is C15H18O5S. The third-order valence-electron chi connectivity index (χ3n) is 2.91. The van der Waals surface area contributed by atoms with Crippen LogP contribution in [0.25, 0.3) is 10.8 Å². The molecule has 0 saturated carbocycles. The normalized spacial score (nSPS) is 11.7. The number of fused-ring (bicyclic) bond motifs is 1. The van der Waals surface area contributed by atoms with Crippen LogP contribution in [0.4, 0.5) is 0 Å². The monoisotopic (exact) mass is 310 g/mol. The summed E-state index contributed by atoms with van der Waals surface area (Å²) in [6.45, 7) is 1.05. The van der Waals surface area contributed by atoms with Crippen LogP contribution < -0.4 is 4.74 Å². The molecule has 0 amide bonds. The van der Waals surface area contributed by atoms with E-state index in [1.165, 1.54) is 0 Å². The number of hydrogen-bond donors (Lipinski definition) is 1. The molecule has 0 fully saturated rings. The molecule has 21 heavy (non-hydrogen) atoms. The molecule has 0 saturated heterocycles. The van der Waals surface area contributed by atoms with Crippen molar-refractivity contribution >= 4 is 20.9 Å². The molecule has 2 rings (SSSR count). The Bertz CT molecular complexity index is 681. The van der Waals surface area contributed by atoms with Crippen molar-refractivity contribution in [2.45, 2.75) is 6.42 Å². The van der Waals surface area contributed by atoms with Crippen molar-refractivity contribution in [3.8, 4) is 5.75 Å². The van der Waals surface area contributed by atoms with Crippen LogP contribution in [-0.4, -0.2) is 38.5 Å². The van der Waals surface area contributed by atoms with E-state index >= 15 is 0 Å². The zero-order valence-electron chi connectivity index (χ0n) is 11.6. The lowest BCUT2D eigenvalue weighted by Gasteiger charge is -2.08. The first-order chi connectivity index (χ1) is 10.0. The van der Waals surface area contributed by atoms with Gasteiger partial charge in [0.1, 0.15) is 12.4 Å². The van der Waals surface area contributed by atoms with Crippen molar-refractivity contribution in [2.24, 2.45) is 0 Å². The van der Waals surface area contributed by atoms with E-state index < -0.39 is 10.1 Å². The Morgan fingerprint density at radius 2 is 1.71 bits per heavy atom. The third kappa shape index (κ3) is 5.71. The topological polar surface area (TPSA) is 72.8 Å². The van der Waals surface area contributed by atoms with Crippen molar-refractivity contribution in [3.63, 3.8) is 0 Å². The minimum Gasteiger partial charge on any atom is -0.491 e. The summed E-state index contributed by atoms with van der Waals surface area (Å²) >= 11 is 0. The van der Waals surface area contributed by atoms with Gasteiger partial charge in [-0.3, -0.25) is 4.55 Å². The predicted octanol–water partition coefficient (Wildman–Crippen LogP) is 2.51. The van der Waals surface area contributed by atoms with Gasteiger partial charge < -0.3 is 9.47 Å². The average molecular weight is 310 g/mol. The highest BCUT2D eigenvalue weighted by Crippen LogP contribution is 2.20. The molecule has 0 bridgehead atoms. The highest BCUT2D eigenvalue weighted by molar-refractivity contribution is 7.85. The minimum atomic E-state index is -3.89. The predicted molar refractivity (Wildman–Crippen MR) is 81.3 cm³/mol. The molecule has 0 radical (unpaired) electrons. The first-order valence-corrected chi connectivity index (χ1v) is 8.30. The van der Waals surface area contributed by atoms with Crippen molar-refractivity contribution in [3.05, 3.63) is 42.5 Å². The van der Waals surface area contributed by atoms with Gasteiger partial charge in [0.05, 0.1) is 12.4 Å². The van der Waals surface area contributed by atoms with Gasteiger partial charge in [0.25, 0.3) is 10.1 Å². The summed E-state index contributed by atoms with van der Waals surface area (Å²) < 4.78 is 40.3. The van der Waals surface area contributed by atoms with Gasteiger partial charge in [0, 0.05) is 6.61 Å². The maximum Gasteiger partial charge on any atom is 0.264 e. The molecule has 2 aromatic carbocycles. The second-order valence-corrected chi connectivity index (χ2v) is 6.18.